The van der Waals surface area contributed by atoms with Gasteiger partial charge in [0.1, 0.15) is 18.1 Å². The highest BCUT2D eigenvalue weighted by Crippen LogP contribution is 2.25. The van der Waals surface area contributed by atoms with Crippen LogP contribution in [0.4, 0.5) is 11.8 Å². The lowest BCUT2D eigenvalue weighted by molar-refractivity contribution is -0.140. The Morgan fingerprint density at radius 2 is 1.79 bits per heavy atom. The van der Waals surface area contributed by atoms with Crippen molar-refractivity contribution in [1.82, 2.24) is 15.3 Å². The number of aliphatic carboxylic acids is 2. The van der Waals surface area contributed by atoms with Crippen molar-refractivity contribution in [3.8, 4) is 0 Å². The summed E-state index contributed by atoms with van der Waals surface area (Å²) in [7, 11) is 0. The Hall–Kier alpha value is -4.22. The summed E-state index contributed by atoms with van der Waals surface area (Å²) in [4.78, 5) is 63.7. The molecule has 0 saturated carbocycles. The van der Waals surface area contributed by atoms with E-state index in [0.717, 1.165) is 11.8 Å². The van der Waals surface area contributed by atoms with Crippen LogP contribution in [0.3, 0.4) is 0 Å². The maximum absolute atomic E-state index is 12.4. The van der Waals surface area contributed by atoms with E-state index in [-0.39, 0.29) is 48.1 Å². The van der Waals surface area contributed by atoms with Gasteiger partial charge in [-0.25, -0.2) is 4.79 Å². The van der Waals surface area contributed by atoms with Gasteiger partial charge in [-0.05, 0) is 42.9 Å². The molecule has 8 N–H and O–H groups in total. The van der Waals surface area contributed by atoms with Crippen molar-refractivity contribution in [2.75, 3.05) is 11.5 Å². The molecule has 0 aliphatic heterocycles. The number of nitrogens with one attached hydrogen (secondary N) is 2. The van der Waals surface area contributed by atoms with Crippen molar-refractivity contribution in [2.45, 2.75) is 44.1 Å². The zero-order valence-corrected chi connectivity index (χ0v) is 17.6. The van der Waals surface area contributed by atoms with Crippen molar-refractivity contribution >= 4 is 35.9 Å². The highest BCUT2D eigenvalue weighted by Gasteiger charge is 2.22. The summed E-state index contributed by atoms with van der Waals surface area (Å²) in [5.74, 6) is -3.51. The number of carboxylic acids is 2. The van der Waals surface area contributed by atoms with Crippen LogP contribution in [0.1, 0.15) is 53.1 Å². The quantitative estimate of drug-likeness (QED) is 0.238. The van der Waals surface area contributed by atoms with E-state index in [2.05, 4.69) is 15.3 Å². The summed E-state index contributed by atoms with van der Waals surface area (Å²) in [6.45, 7) is 0. The van der Waals surface area contributed by atoms with E-state index in [4.69, 9.17) is 16.6 Å². The fourth-order valence-electron chi connectivity index (χ4n) is 3.30. The van der Waals surface area contributed by atoms with Crippen LogP contribution in [0.5, 0.6) is 0 Å². The lowest BCUT2D eigenvalue weighted by atomic mass is 9.89. The fraction of sp³-hybridized carbons (Fsp3) is 0.333. The van der Waals surface area contributed by atoms with Crippen LogP contribution in [-0.2, 0) is 20.8 Å². The minimum atomic E-state index is -1.34. The Kier molecular flexibility index (Phi) is 8.66. The third kappa shape index (κ3) is 7.16. The summed E-state index contributed by atoms with van der Waals surface area (Å²) >= 11 is 0. The van der Waals surface area contributed by atoms with Crippen LogP contribution in [0.15, 0.2) is 29.1 Å². The summed E-state index contributed by atoms with van der Waals surface area (Å²) < 4.78 is 0. The number of H-pyrrole nitrogens is 1. The van der Waals surface area contributed by atoms with Crippen LogP contribution < -0.4 is 22.3 Å². The summed E-state index contributed by atoms with van der Waals surface area (Å²) in [5, 5.41) is 20.2. The number of carboxylic acid groups (broad SMARTS) is 2. The molecule has 2 rings (SSSR count). The van der Waals surface area contributed by atoms with Crippen molar-refractivity contribution in [3.63, 3.8) is 0 Å². The molecular formula is C21H25N5O7. The fourth-order valence-corrected chi connectivity index (χ4v) is 3.30. The van der Waals surface area contributed by atoms with Gasteiger partial charge in [0.2, 0.25) is 5.95 Å². The number of carbonyl (C=O) groups is 4. The first-order valence-corrected chi connectivity index (χ1v) is 10.1. The molecule has 0 aliphatic rings. The molecular weight excluding hydrogens is 434 g/mol. The normalized spacial score (nSPS) is 12.5. The maximum Gasteiger partial charge on any atom is 0.326 e. The molecule has 12 nitrogen and oxygen atoms in total. The Morgan fingerprint density at radius 1 is 1.12 bits per heavy atom. The number of hydrogen-bond donors (Lipinski definition) is 6. The molecule has 0 saturated heterocycles. The topological polar surface area (TPSA) is 219 Å². The molecule has 2 aromatic rings. The van der Waals surface area contributed by atoms with E-state index in [0.29, 0.717) is 6.42 Å². The third-order valence-corrected chi connectivity index (χ3v) is 5.08. The predicted molar refractivity (Wildman–Crippen MR) is 118 cm³/mol. The molecule has 0 bridgehead atoms. The molecule has 0 spiro atoms. The first kappa shape index (κ1) is 25.0. The molecule has 1 aromatic carbocycles. The van der Waals surface area contributed by atoms with Crippen molar-refractivity contribution in [1.29, 1.82) is 0 Å². The van der Waals surface area contributed by atoms with Crippen LogP contribution in [0.25, 0.3) is 0 Å². The van der Waals surface area contributed by atoms with Crippen molar-refractivity contribution in [3.05, 3.63) is 51.3 Å². The lowest BCUT2D eigenvalue weighted by Crippen LogP contribution is -2.41. The van der Waals surface area contributed by atoms with E-state index in [1.165, 1.54) is 12.1 Å². The van der Waals surface area contributed by atoms with Crippen LogP contribution in [0, 0.1) is 0 Å². The monoisotopic (exact) mass is 459 g/mol. The number of aromatic nitrogens is 2. The summed E-state index contributed by atoms with van der Waals surface area (Å²) in [6, 6.07) is 4.87. The average Bonchev–Trinajstić information content (AvgIpc) is 2.74. The van der Waals surface area contributed by atoms with Gasteiger partial charge in [-0.2, -0.15) is 4.98 Å². The van der Waals surface area contributed by atoms with Crippen LogP contribution >= 0.6 is 0 Å². The summed E-state index contributed by atoms with van der Waals surface area (Å²) in [6.07, 6.45) is 0.916. The number of nitrogen functional groups attached to an aromatic ring is 2. The average molecular weight is 459 g/mol. The van der Waals surface area contributed by atoms with Crippen LogP contribution in [-0.4, -0.2) is 50.4 Å². The second kappa shape index (κ2) is 11.4. The van der Waals surface area contributed by atoms with Gasteiger partial charge < -0.3 is 31.8 Å². The van der Waals surface area contributed by atoms with E-state index in [1.807, 2.05) is 0 Å². The number of aldehydes is 1. The van der Waals surface area contributed by atoms with Gasteiger partial charge in [0.25, 0.3) is 11.5 Å². The van der Waals surface area contributed by atoms with Gasteiger partial charge >= 0.3 is 11.9 Å². The Morgan fingerprint density at radius 3 is 2.33 bits per heavy atom. The lowest BCUT2D eigenvalue weighted by Gasteiger charge is -2.16. The number of hydrogen-bond acceptors (Lipinski definition) is 8. The number of carbonyl (C=O) groups excluding carboxylic acids is 2. The van der Waals surface area contributed by atoms with E-state index in [1.54, 1.807) is 12.1 Å². The maximum atomic E-state index is 12.4. The molecule has 0 fully saturated rings. The highest BCUT2D eigenvalue weighted by atomic mass is 16.4. The Balaban J connectivity index is 2.10. The first-order chi connectivity index (χ1) is 15.6. The van der Waals surface area contributed by atoms with Gasteiger partial charge in [-0.3, -0.25) is 19.4 Å². The van der Waals surface area contributed by atoms with E-state index >= 15 is 0 Å². The number of aromatic amines is 1. The largest absolute Gasteiger partial charge is 0.481 e. The molecule has 0 radical (unpaired) electrons. The standard InChI is InChI=1S/C21H25N5O7/c22-17-14(19(31)26-21(23)25-17)6-5-12(9-10-27)11-1-3-13(4-2-11)18(30)24-15(20(32)33)7-8-16(28)29/h1-4,10,12,15H,5-9H2,(H,24,30)(H,28,29)(H,32,33)(H5,22,23,25,26,31)/t12?,15-/m0/s1. The zero-order valence-electron chi connectivity index (χ0n) is 17.6. The molecule has 1 aromatic heterocycles. The molecule has 1 heterocycles. The molecule has 12 heteroatoms. The van der Waals surface area contributed by atoms with E-state index < -0.39 is 35.9 Å². The number of nitrogens with two attached hydrogens (primary N) is 2. The van der Waals surface area contributed by atoms with Crippen LogP contribution in [0.2, 0.25) is 0 Å². The number of amides is 1. The highest BCUT2D eigenvalue weighted by molar-refractivity contribution is 5.96. The van der Waals surface area contributed by atoms with Gasteiger partial charge in [0, 0.05) is 18.4 Å². The van der Waals surface area contributed by atoms with Gasteiger partial charge in [0.05, 0.1) is 5.56 Å². The second-order valence-electron chi connectivity index (χ2n) is 7.37. The summed E-state index contributed by atoms with van der Waals surface area (Å²) in [5.41, 5.74) is 11.9. The second-order valence-corrected chi connectivity index (χ2v) is 7.37. The number of nitrogens with zero attached hydrogens (tertiary/aromatic N) is 1. The SMILES string of the molecule is Nc1nc(N)c(CCC(CC=O)c2ccc(C(=O)N[C@@H](CCC(=O)O)C(=O)O)cc2)c(=O)[nH]1. The number of benzene rings is 1. The smallest absolute Gasteiger partial charge is 0.326 e. The molecule has 1 amide bonds. The number of anilines is 2. The third-order valence-electron chi connectivity index (χ3n) is 5.08. The van der Waals surface area contributed by atoms with Gasteiger partial charge in [-0.1, -0.05) is 12.1 Å². The Bertz CT molecular complexity index is 1080. The van der Waals surface area contributed by atoms with Crippen molar-refractivity contribution in [2.24, 2.45) is 0 Å². The Labute approximate surface area is 188 Å². The predicted octanol–water partition coefficient (Wildman–Crippen LogP) is 0.288. The minimum absolute atomic E-state index is 0.0176. The molecule has 1 unspecified atom stereocenters. The number of rotatable bonds is 12. The van der Waals surface area contributed by atoms with Gasteiger partial charge in [-0.15, -0.1) is 0 Å². The van der Waals surface area contributed by atoms with E-state index in [9.17, 15) is 29.1 Å². The first-order valence-electron chi connectivity index (χ1n) is 10.1. The molecule has 33 heavy (non-hydrogen) atoms. The van der Waals surface area contributed by atoms with Crippen molar-refractivity contribution < 1.29 is 29.4 Å². The zero-order chi connectivity index (χ0) is 24.5. The molecule has 2 atom stereocenters. The minimum Gasteiger partial charge on any atom is -0.481 e. The van der Waals surface area contributed by atoms with Gasteiger partial charge in [0.15, 0.2) is 0 Å². The molecule has 176 valence electrons. The molecule has 0 aliphatic carbocycles.